The van der Waals surface area contributed by atoms with Gasteiger partial charge in [-0.15, -0.1) is 0 Å². The van der Waals surface area contributed by atoms with Crippen LogP contribution in [0.2, 0.25) is 0 Å². The molecule has 1 aromatic carbocycles. The van der Waals surface area contributed by atoms with Crippen LogP contribution >= 0.6 is 0 Å². The molecule has 0 N–H and O–H groups in total. The molecular formula is C16H17N3O3. The molecule has 1 aliphatic rings. The maximum Gasteiger partial charge on any atom is 0.347 e. The first-order valence-corrected chi connectivity index (χ1v) is 7.23. The molecule has 6 heteroatoms. The summed E-state index contributed by atoms with van der Waals surface area (Å²) < 4.78 is 3.69. The van der Waals surface area contributed by atoms with Crippen molar-refractivity contribution in [2.45, 2.75) is 25.4 Å². The highest BCUT2D eigenvalue weighted by Gasteiger charge is 2.22. The second-order valence-electron chi connectivity index (χ2n) is 5.39. The molecule has 22 heavy (non-hydrogen) atoms. The summed E-state index contributed by atoms with van der Waals surface area (Å²) in [7, 11) is 1.43. The summed E-state index contributed by atoms with van der Waals surface area (Å²) in [5.41, 5.74) is -0.323. The summed E-state index contributed by atoms with van der Waals surface area (Å²) in [5.74, 6) is -0.191. The van der Waals surface area contributed by atoms with E-state index in [0.717, 1.165) is 17.4 Å². The van der Waals surface area contributed by atoms with E-state index >= 15 is 0 Å². The predicted octanol–water partition coefficient (Wildman–Crippen LogP) is 1.12. The first-order valence-electron chi connectivity index (χ1n) is 7.23. The number of benzene rings is 1. The van der Waals surface area contributed by atoms with Crippen molar-refractivity contribution in [3.8, 4) is 0 Å². The number of aromatic nitrogens is 3. The van der Waals surface area contributed by atoms with E-state index in [4.69, 9.17) is 0 Å². The van der Waals surface area contributed by atoms with Crippen LogP contribution in [0.4, 0.5) is 0 Å². The SMILES string of the molecule is Cn1c(=O)n(CC(=O)c2ccccc2)n(C2C=CCC2)c1=O. The van der Waals surface area contributed by atoms with Crippen molar-refractivity contribution in [2.75, 3.05) is 0 Å². The first kappa shape index (κ1) is 14.3. The summed E-state index contributed by atoms with van der Waals surface area (Å²) in [6.07, 6.45) is 5.53. The molecule has 0 saturated heterocycles. The van der Waals surface area contributed by atoms with Crippen LogP contribution in [-0.2, 0) is 13.6 Å². The summed E-state index contributed by atoms with van der Waals surface area (Å²) >= 11 is 0. The van der Waals surface area contributed by atoms with Gasteiger partial charge in [-0.05, 0) is 12.8 Å². The van der Waals surface area contributed by atoms with E-state index in [2.05, 4.69) is 0 Å². The van der Waals surface area contributed by atoms with Gasteiger partial charge in [0.25, 0.3) is 0 Å². The Morgan fingerprint density at radius 2 is 1.91 bits per heavy atom. The van der Waals surface area contributed by atoms with Gasteiger partial charge < -0.3 is 0 Å². The Balaban J connectivity index is 2.02. The smallest absolute Gasteiger partial charge is 0.292 e. The summed E-state index contributed by atoms with van der Waals surface area (Å²) in [5, 5.41) is 0. The van der Waals surface area contributed by atoms with Crippen molar-refractivity contribution in [2.24, 2.45) is 7.05 Å². The van der Waals surface area contributed by atoms with E-state index in [9.17, 15) is 14.4 Å². The Morgan fingerprint density at radius 3 is 2.55 bits per heavy atom. The van der Waals surface area contributed by atoms with Crippen molar-refractivity contribution < 1.29 is 4.79 Å². The minimum absolute atomic E-state index is 0.136. The number of carbonyl (C=O) groups excluding carboxylic acids is 1. The molecule has 0 radical (unpaired) electrons. The number of allylic oxidation sites excluding steroid dienone is 2. The minimum Gasteiger partial charge on any atom is -0.292 e. The summed E-state index contributed by atoms with van der Waals surface area (Å²) in [6, 6.07) is 8.61. The lowest BCUT2D eigenvalue weighted by molar-refractivity contribution is 0.0958. The molecule has 0 amide bonds. The van der Waals surface area contributed by atoms with Gasteiger partial charge in [-0.3, -0.25) is 4.79 Å². The van der Waals surface area contributed by atoms with Gasteiger partial charge >= 0.3 is 11.4 Å². The molecular weight excluding hydrogens is 282 g/mol. The molecule has 1 heterocycles. The zero-order valence-corrected chi connectivity index (χ0v) is 12.3. The van der Waals surface area contributed by atoms with Crippen LogP contribution in [0.1, 0.15) is 29.2 Å². The van der Waals surface area contributed by atoms with Crippen molar-refractivity contribution >= 4 is 5.78 Å². The third kappa shape index (κ3) is 2.36. The highest BCUT2D eigenvalue weighted by Crippen LogP contribution is 2.20. The largest absolute Gasteiger partial charge is 0.347 e. The number of rotatable bonds is 4. The molecule has 1 aromatic heterocycles. The third-order valence-electron chi connectivity index (χ3n) is 3.94. The number of ketones is 1. The molecule has 0 saturated carbocycles. The fraction of sp³-hybridized carbons (Fsp3) is 0.312. The zero-order chi connectivity index (χ0) is 15.7. The molecule has 2 aromatic rings. The zero-order valence-electron chi connectivity index (χ0n) is 12.3. The van der Waals surface area contributed by atoms with Crippen molar-refractivity contribution in [1.82, 2.24) is 13.9 Å². The van der Waals surface area contributed by atoms with Crippen LogP contribution in [0, 0.1) is 0 Å². The molecule has 0 fully saturated rings. The monoisotopic (exact) mass is 299 g/mol. The molecule has 0 aliphatic heterocycles. The van der Waals surface area contributed by atoms with Gasteiger partial charge in [0.1, 0.15) is 6.54 Å². The number of nitrogens with zero attached hydrogens (tertiary/aromatic N) is 3. The first-order chi connectivity index (χ1) is 10.6. The lowest BCUT2D eigenvalue weighted by Crippen LogP contribution is -2.31. The fourth-order valence-electron chi connectivity index (χ4n) is 2.74. The Bertz CT molecular complexity index is 840. The van der Waals surface area contributed by atoms with Gasteiger partial charge in [-0.2, -0.15) is 0 Å². The minimum atomic E-state index is -0.463. The molecule has 1 aliphatic carbocycles. The lowest BCUT2D eigenvalue weighted by atomic mass is 10.1. The van der Waals surface area contributed by atoms with Gasteiger partial charge in [-0.25, -0.2) is 23.5 Å². The number of Topliss-reactive ketones (excluding diaryl/α,β-unsaturated/α-hetero) is 1. The fourth-order valence-corrected chi connectivity index (χ4v) is 2.74. The topological polar surface area (TPSA) is 66.0 Å². The van der Waals surface area contributed by atoms with E-state index in [0.29, 0.717) is 5.56 Å². The molecule has 0 spiro atoms. The van der Waals surface area contributed by atoms with E-state index in [1.54, 1.807) is 24.3 Å². The quantitative estimate of drug-likeness (QED) is 0.628. The van der Waals surface area contributed by atoms with Crippen molar-refractivity contribution in [3.63, 3.8) is 0 Å². The molecule has 3 rings (SSSR count). The highest BCUT2D eigenvalue weighted by molar-refractivity contribution is 5.95. The van der Waals surface area contributed by atoms with E-state index in [1.807, 2.05) is 18.2 Å². The predicted molar refractivity (Wildman–Crippen MR) is 82.1 cm³/mol. The summed E-state index contributed by atoms with van der Waals surface area (Å²) in [4.78, 5) is 36.9. The second-order valence-corrected chi connectivity index (χ2v) is 5.39. The van der Waals surface area contributed by atoms with Crippen LogP contribution in [0.5, 0.6) is 0 Å². The van der Waals surface area contributed by atoms with Crippen LogP contribution in [0.3, 0.4) is 0 Å². The van der Waals surface area contributed by atoms with Gasteiger partial charge in [0.05, 0.1) is 6.04 Å². The van der Waals surface area contributed by atoms with Crippen LogP contribution < -0.4 is 11.4 Å². The van der Waals surface area contributed by atoms with E-state index < -0.39 is 5.69 Å². The molecule has 1 atom stereocenters. The van der Waals surface area contributed by atoms with Gasteiger partial charge in [-0.1, -0.05) is 42.5 Å². The van der Waals surface area contributed by atoms with E-state index in [1.165, 1.54) is 16.4 Å². The number of hydrogen-bond donors (Lipinski definition) is 0. The molecule has 6 nitrogen and oxygen atoms in total. The average molecular weight is 299 g/mol. The lowest BCUT2D eigenvalue weighted by Gasteiger charge is -2.14. The molecule has 1 unspecified atom stereocenters. The van der Waals surface area contributed by atoms with Gasteiger partial charge in [0.15, 0.2) is 5.78 Å². The van der Waals surface area contributed by atoms with Crippen LogP contribution in [-0.4, -0.2) is 19.7 Å². The van der Waals surface area contributed by atoms with Crippen LogP contribution in [0.25, 0.3) is 0 Å². The standard InChI is InChI=1S/C16H17N3O3/c1-17-15(21)18(11-14(20)12-7-3-2-4-8-12)19(16(17)22)13-9-5-6-10-13/h2-5,7-9,13H,6,10-11H2,1H3. The molecule has 114 valence electrons. The van der Waals surface area contributed by atoms with Gasteiger partial charge in [0, 0.05) is 12.6 Å². The Hall–Kier alpha value is -2.63. The Morgan fingerprint density at radius 1 is 1.18 bits per heavy atom. The third-order valence-corrected chi connectivity index (χ3v) is 3.94. The second kappa shape index (κ2) is 5.63. The Labute approximate surface area is 126 Å². The average Bonchev–Trinajstić information content (AvgIpc) is 3.13. The summed E-state index contributed by atoms with van der Waals surface area (Å²) in [6.45, 7) is -0.136. The number of carbonyl (C=O) groups is 1. The van der Waals surface area contributed by atoms with Crippen molar-refractivity contribution in [1.29, 1.82) is 0 Å². The molecule has 0 bridgehead atoms. The Kier molecular flexibility index (Phi) is 3.66. The normalized spacial score (nSPS) is 17.0. The van der Waals surface area contributed by atoms with Crippen LogP contribution in [0.15, 0.2) is 52.1 Å². The number of hydrogen-bond acceptors (Lipinski definition) is 3. The highest BCUT2D eigenvalue weighted by atomic mass is 16.2. The maximum atomic E-state index is 12.4. The van der Waals surface area contributed by atoms with E-state index in [-0.39, 0.29) is 24.1 Å². The maximum absolute atomic E-state index is 12.4. The van der Waals surface area contributed by atoms with Crippen molar-refractivity contribution in [3.05, 3.63) is 69.0 Å². The van der Waals surface area contributed by atoms with Gasteiger partial charge in [0.2, 0.25) is 0 Å².